The molecular formula is C11H23NO. The van der Waals surface area contributed by atoms with Crippen LogP contribution < -0.4 is 5.32 Å². The van der Waals surface area contributed by atoms with Crippen molar-refractivity contribution < 1.29 is 5.11 Å². The lowest BCUT2D eigenvalue weighted by molar-refractivity contribution is 0.190. The Labute approximate surface area is 81.7 Å². The van der Waals surface area contributed by atoms with Crippen LogP contribution in [0.2, 0.25) is 0 Å². The Morgan fingerprint density at radius 3 is 2.23 bits per heavy atom. The molecule has 0 amide bonds. The molecule has 0 spiro atoms. The first-order chi connectivity index (χ1) is 5.90. The fourth-order valence-corrected chi connectivity index (χ4v) is 1.24. The summed E-state index contributed by atoms with van der Waals surface area (Å²) in [6.45, 7) is 10.3. The van der Waals surface area contributed by atoms with Gasteiger partial charge in [-0.3, -0.25) is 0 Å². The summed E-state index contributed by atoms with van der Waals surface area (Å²) in [6.07, 6.45) is 2.38. The first kappa shape index (κ1) is 11.0. The van der Waals surface area contributed by atoms with Gasteiger partial charge in [-0.2, -0.15) is 0 Å². The molecule has 0 bridgehead atoms. The zero-order chi connectivity index (χ0) is 10.1. The van der Waals surface area contributed by atoms with Gasteiger partial charge in [0.1, 0.15) is 0 Å². The van der Waals surface area contributed by atoms with Crippen LogP contribution in [0.3, 0.4) is 0 Å². The molecular weight excluding hydrogens is 162 g/mol. The lowest BCUT2D eigenvalue weighted by atomic mass is 9.87. The standard InChI is InChI=1S/C11H23NO/c1-9(10(2,3)4)12-7-11(8-13)5-6-11/h9,12-13H,5-8H2,1-4H3. The summed E-state index contributed by atoms with van der Waals surface area (Å²) >= 11 is 0. The van der Waals surface area contributed by atoms with Gasteiger partial charge in [0.05, 0.1) is 0 Å². The maximum Gasteiger partial charge on any atom is 0.0499 e. The van der Waals surface area contributed by atoms with Crippen molar-refractivity contribution in [2.24, 2.45) is 10.8 Å². The molecule has 1 aliphatic rings. The van der Waals surface area contributed by atoms with E-state index in [-0.39, 0.29) is 5.41 Å². The van der Waals surface area contributed by atoms with Crippen molar-refractivity contribution in [3.63, 3.8) is 0 Å². The molecule has 2 N–H and O–H groups in total. The minimum absolute atomic E-state index is 0.236. The fourth-order valence-electron chi connectivity index (χ4n) is 1.24. The molecule has 0 aromatic carbocycles. The molecule has 0 saturated heterocycles. The fraction of sp³-hybridized carbons (Fsp3) is 1.00. The molecule has 0 aromatic heterocycles. The van der Waals surface area contributed by atoms with E-state index in [0.29, 0.717) is 18.1 Å². The second-order valence-electron chi connectivity index (χ2n) is 5.63. The van der Waals surface area contributed by atoms with Crippen molar-refractivity contribution in [2.45, 2.75) is 46.6 Å². The van der Waals surface area contributed by atoms with E-state index < -0.39 is 0 Å². The largest absolute Gasteiger partial charge is 0.396 e. The summed E-state index contributed by atoms with van der Waals surface area (Å²) in [6, 6.07) is 0.511. The minimum atomic E-state index is 0.236. The van der Waals surface area contributed by atoms with Gasteiger partial charge in [-0.1, -0.05) is 20.8 Å². The third-order valence-electron chi connectivity index (χ3n) is 3.37. The molecule has 1 rings (SSSR count). The van der Waals surface area contributed by atoms with Gasteiger partial charge >= 0.3 is 0 Å². The van der Waals surface area contributed by atoms with E-state index in [1.807, 2.05) is 0 Å². The van der Waals surface area contributed by atoms with Crippen LogP contribution in [0.4, 0.5) is 0 Å². The number of aliphatic hydroxyl groups excluding tert-OH is 1. The molecule has 0 radical (unpaired) electrons. The van der Waals surface area contributed by atoms with Gasteiger partial charge in [0.15, 0.2) is 0 Å². The normalized spacial score (nSPS) is 22.8. The first-order valence-corrected chi connectivity index (χ1v) is 5.24. The van der Waals surface area contributed by atoms with Gasteiger partial charge in [-0.15, -0.1) is 0 Å². The molecule has 1 saturated carbocycles. The number of hydrogen-bond acceptors (Lipinski definition) is 2. The predicted molar refractivity (Wildman–Crippen MR) is 55.7 cm³/mol. The van der Waals surface area contributed by atoms with Crippen LogP contribution in [0.25, 0.3) is 0 Å². The molecule has 0 aromatic rings. The lowest BCUT2D eigenvalue weighted by Crippen LogP contribution is -2.41. The van der Waals surface area contributed by atoms with E-state index >= 15 is 0 Å². The summed E-state index contributed by atoms with van der Waals surface area (Å²) in [5.41, 5.74) is 0.547. The van der Waals surface area contributed by atoms with Crippen LogP contribution in [0, 0.1) is 10.8 Å². The Hall–Kier alpha value is -0.0800. The van der Waals surface area contributed by atoms with Crippen LogP contribution in [-0.4, -0.2) is 24.3 Å². The lowest BCUT2D eigenvalue weighted by Gasteiger charge is -2.29. The quantitative estimate of drug-likeness (QED) is 0.700. The second kappa shape index (κ2) is 3.58. The molecule has 78 valence electrons. The van der Waals surface area contributed by atoms with Crippen molar-refractivity contribution >= 4 is 0 Å². The topological polar surface area (TPSA) is 32.3 Å². The average Bonchev–Trinajstić information content (AvgIpc) is 2.79. The Bertz CT molecular complexity index is 167. The van der Waals surface area contributed by atoms with Crippen molar-refractivity contribution in [2.75, 3.05) is 13.2 Å². The highest BCUT2D eigenvalue weighted by Gasteiger charge is 2.42. The predicted octanol–water partition coefficient (Wildman–Crippen LogP) is 1.78. The van der Waals surface area contributed by atoms with Crippen LogP contribution in [0.5, 0.6) is 0 Å². The second-order valence-corrected chi connectivity index (χ2v) is 5.63. The molecule has 2 nitrogen and oxygen atoms in total. The van der Waals surface area contributed by atoms with Gasteiger partial charge in [-0.25, -0.2) is 0 Å². The van der Waals surface area contributed by atoms with Gasteiger partial charge in [0.2, 0.25) is 0 Å². The van der Waals surface area contributed by atoms with Crippen LogP contribution in [0.15, 0.2) is 0 Å². The van der Waals surface area contributed by atoms with E-state index in [2.05, 4.69) is 33.0 Å². The molecule has 13 heavy (non-hydrogen) atoms. The highest BCUT2D eigenvalue weighted by molar-refractivity contribution is 4.95. The van der Waals surface area contributed by atoms with Crippen molar-refractivity contribution in [3.05, 3.63) is 0 Å². The van der Waals surface area contributed by atoms with E-state index in [1.165, 1.54) is 12.8 Å². The third kappa shape index (κ3) is 2.96. The number of rotatable bonds is 4. The van der Waals surface area contributed by atoms with E-state index in [9.17, 15) is 0 Å². The van der Waals surface area contributed by atoms with E-state index in [4.69, 9.17) is 5.11 Å². The Kier molecular flexibility index (Phi) is 3.03. The van der Waals surface area contributed by atoms with Crippen LogP contribution in [0.1, 0.15) is 40.5 Å². The number of nitrogens with one attached hydrogen (secondary N) is 1. The third-order valence-corrected chi connectivity index (χ3v) is 3.37. The van der Waals surface area contributed by atoms with Crippen molar-refractivity contribution in [3.8, 4) is 0 Å². The van der Waals surface area contributed by atoms with Gasteiger partial charge < -0.3 is 10.4 Å². The maximum atomic E-state index is 9.13. The highest BCUT2D eigenvalue weighted by Crippen LogP contribution is 2.44. The molecule has 0 aliphatic heterocycles. The summed E-state index contributed by atoms with van der Waals surface area (Å²) in [4.78, 5) is 0. The Balaban J connectivity index is 2.26. The average molecular weight is 185 g/mol. The Morgan fingerprint density at radius 1 is 1.38 bits per heavy atom. The number of hydrogen-bond donors (Lipinski definition) is 2. The SMILES string of the molecule is CC(NCC1(CO)CC1)C(C)(C)C. The zero-order valence-electron chi connectivity index (χ0n) is 9.35. The summed E-state index contributed by atoms with van der Waals surface area (Å²) in [5.74, 6) is 0. The molecule has 1 atom stereocenters. The summed E-state index contributed by atoms with van der Waals surface area (Å²) < 4.78 is 0. The van der Waals surface area contributed by atoms with Crippen LogP contribution in [-0.2, 0) is 0 Å². The highest BCUT2D eigenvalue weighted by atomic mass is 16.3. The molecule has 1 fully saturated rings. The zero-order valence-corrected chi connectivity index (χ0v) is 9.35. The summed E-state index contributed by atoms with van der Waals surface area (Å²) in [5, 5.41) is 12.6. The minimum Gasteiger partial charge on any atom is -0.396 e. The molecule has 0 heterocycles. The Morgan fingerprint density at radius 2 is 1.92 bits per heavy atom. The van der Waals surface area contributed by atoms with Crippen LogP contribution >= 0.6 is 0 Å². The molecule has 2 heteroatoms. The summed E-state index contributed by atoms with van der Waals surface area (Å²) in [7, 11) is 0. The van der Waals surface area contributed by atoms with Gasteiger partial charge in [0.25, 0.3) is 0 Å². The van der Waals surface area contributed by atoms with E-state index in [0.717, 1.165) is 6.54 Å². The van der Waals surface area contributed by atoms with E-state index in [1.54, 1.807) is 0 Å². The first-order valence-electron chi connectivity index (χ1n) is 5.24. The molecule has 1 aliphatic carbocycles. The van der Waals surface area contributed by atoms with Crippen molar-refractivity contribution in [1.29, 1.82) is 0 Å². The maximum absolute atomic E-state index is 9.13. The smallest absolute Gasteiger partial charge is 0.0499 e. The number of aliphatic hydroxyl groups is 1. The monoisotopic (exact) mass is 185 g/mol. The van der Waals surface area contributed by atoms with Gasteiger partial charge in [-0.05, 0) is 25.2 Å². The van der Waals surface area contributed by atoms with Crippen molar-refractivity contribution in [1.82, 2.24) is 5.32 Å². The molecule has 1 unspecified atom stereocenters. The van der Waals surface area contributed by atoms with Gasteiger partial charge in [0, 0.05) is 24.6 Å².